The van der Waals surface area contributed by atoms with E-state index in [0.29, 0.717) is 0 Å². The summed E-state index contributed by atoms with van der Waals surface area (Å²) in [6.07, 6.45) is 0. The summed E-state index contributed by atoms with van der Waals surface area (Å²) in [4.78, 5) is 0. The van der Waals surface area contributed by atoms with Crippen LogP contribution in [0.1, 0.15) is 0 Å². The molecule has 0 nitrogen and oxygen atoms in total. The van der Waals surface area contributed by atoms with E-state index in [1.165, 1.54) is 36.3 Å². The van der Waals surface area contributed by atoms with Crippen LogP contribution in [-0.2, 0) is 0 Å². The van der Waals surface area contributed by atoms with Gasteiger partial charge in [0.2, 0.25) is 0 Å². The van der Waals surface area contributed by atoms with Gasteiger partial charge in [0.25, 0.3) is 0 Å². The van der Waals surface area contributed by atoms with Crippen LogP contribution in [0.5, 0.6) is 0 Å². The Labute approximate surface area is 270 Å². The molecule has 216 valence electrons. The van der Waals surface area contributed by atoms with Crippen molar-refractivity contribution in [2.75, 3.05) is 0 Å². The molecule has 0 saturated carbocycles. The Hall–Kier alpha value is -4.81. The van der Waals surface area contributed by atoms with Gasteiger partial charge in [0.15, 0.2) is 0 Å². The Morgan fingerprint density at radius 2 is 0.467 bits per heavy atom. The Kier molecular flexibility index (Phi) is 8.39. The normalized spacial score (nSPS) is 11.8. The Bertz CT molecular complexity index is 1740. The molecule has 0 saturated heterocycles. The minimum Gasteiger partial charge on any atom is -0.0632 e. The summed E-state index contributed by atoms with van der Waals surface area (Å²) in [5.74, 6) is 0. The minimum absolute atomic E-state index is 1.48. The van der Waals surface area contributed by atoms with E-state index in [0.717, 1.165) is 0 Å². The highest BCUT2D eigenvalue weighted by Gasteiger charge is 2.64. The monoisotopic (exact) mass is 624 g/mol. The summed E-state index contributed by atoms with van der Waals surface area (Å²) in [6, 6.07) is 81.2. The number of hydrogen-bond donors (Lipinski definition) is 0. The molecular weight excluding hydrogens is 589 g/mol. The van der Waals surface area contributed by atoms with Crippen LogP contribution in [0.25, 0.3) is 0 Å². The van der Waals surface area contributed by atoms with Crippen molar-refractivity contribution in [1.82, 2.24) is 0 Å². The lowest BCUT2D eigenvalue weighted by molar-refractivity contribution is 1.68. The molecule has 0 spiro atoms. The molecular formula is C42H36Si3. The van der Waals surface area contributed by atoms with Crippen molar-refractivity contribution in [3.8, 4) is 0 Å². The van der Waals surface area contributed by atoms with Gasteiger partial charge < -0.3 is 0 Å². The van der Waals surface area contributed by atoms with Gasteiger partial charge >= 0.3 is 0 Å². The first-order valence-electron chi connectivity index (χ1n) is 15.7. The third-order valence-electron chi connectivity index (χ3n) is 9.37. The van der Waals surface area contributed by atoms with Crippen molar-refractivity contribution in [2.45, 2.75) is 0 Å². The van der Waals surface area contributed by atoms with Crippen molar-refractivity contribution < 1.29 is 0 Å². The van der Waals surface area contributed by atoms with Crippen LogP contribution in [0, 0.1) is 0 Å². The zero-order valence-electron chi connectivity index (χ0n) is 25.3. The molecule has 0 bridgehead atoms. The predicted octanol–water partition coefficient (Wildman–Crippen LogP) is 4.62. The van der Waals surface area contributed by atoms with Crippen LogP contribution >= 0.6 is 0 Å². The average molecular weight is 625 g/mol. The van der Waals surface area contributed by atoms with Gasteiger partial charge in [0.05, 0.1) is 0 Å². The molecule has 0 aromatic heterocycles. The Morgan fingerprint density at radius 3 is 0.733 bits per heavy atom. The van der Waals surface area contributed by atoms with Crippen LogP contribution in [0.15, 0.2) is 212 Å². The quantitative estimate of drug-likeness (QED) is 0.163. The van der Waals surface area contributed by atoms with Gasteiger partial charge in [-0.05, 0) is 0 Å². The Morgan fingerprint density at radius 1 is 0.244 bits per heavy atom. The van der Waals surface area contributed by atoms with Crippen LogP contribution in [0.3, 0.4) is 0 Å². The van der Waals surface area contributed by atoms with Gasteiger partial charge in [-0.2, -0.15) is 0 Å². The third-order valence-corrected chi connectivity index (χ3v) is 40.6. The van der Waals surface area contributed by atoms with Crippen molar-refractivity contribution in [3.63, 3.8) is 0 Å². The van der Waals surface area contributed by atoms with E-state index in [2.05, 4.69) is 212 Å². The maximum Gasteiger partial charge on any atom is 0.147 e. The molecule has 0 unspecified atom stereocenters. The molecule has 3 heteroatoms. The van der Waals surface area contributed by atoms with Gasteiger partial charge in [-0.3, -0.25) is 0 Å². The number of rotatable bonds is 9. The number of hydrogen-bond acceptors (Lipinski definition) is 0. The van der Waals surface area contributed by atoms with E-state index in [1.54, 1.807) is 0 Å². The van der Waals surface area contributed by atoms with E-state index in [9.17, 15) is 0 Å². The molecule has 0 amide bonds. The van der Waals surface area contributed by atoms with Crippen LogP contribution in [-0.4, -0.2) is 23.0 Å². The highest BCUT2D eigenvalue weighted by Crippen LogP contribution is 2.25. The second-order valence-corrected chi connectivity index (χ2v) is 30.5. The summed E-state index contributed by atoms with van der Waals surface area (Å²) >= 11 is 0. The number of benzene rings is 7. The molecule has 0 aliphatic heterocycles. The largest absolute Gasteiger partial charge is 0.147 e. The molecule has 0 radical (unpaired) electrons. The minimum atomic E-state index is -2.91. The molecule has 45 heavy (non-hydrogen) atoms. The zero-order valence-corrected chi connectivity index (χ0v) is 28.4. The SMILES string of the molecule is c1ccc([SiH](c2ccccc2)[Si](c2ccccc2)(c2ccccc2)[Si](c2ccccc2)(c2ccccc2)c2ccccc2)cc1. The van der Waals surface area contributed by atoms with Gasteiger partial charge in [-0.15, -0.1) is 0 Å². The van der Waals surface area contributed by atoms with E-state index in [1.807, 2.05) is 0 Å². The zero-order chi connectivity index (χ0) is 30.4. The maximum absolute atomic E-state index is 2.91. The first kappa shape index (κ1) is 28.9. The lowest BCUT2D eigenvalue weighted by atomic mass is 10.3. The summed E-state index contributed by atoms with van der Waals surface area (Å²) in [6.45, 7) is 0. The fourth-order valence-electron chi connectivity index (χ4n) is 7.78. The van der Waals surface area contributed by atoms with Crippen molar-refractivity contribution in [1.29, 1.82) is 0 Å². The molecule has 7 aromatic carbocycles. The van der Waals surface area contributed by atoms with E-state index >= 15 is 0 Å². The second kappa shape index (κ2) is 13.0. The first-order valence-corrected chi connectivity index (χ1v) is 23.7. The van der Waals surface area contributed by atoms with Gasteiger partial charge in [-0.1, -0.05) is 249 Å². The van der Waals surface area contributed by atoms with E-state index in [-0.39, 0.29) is 0 Å². The van der Waals surface area contributed by atoms with Crippen molar-refractivity contribution >= 4 is 59.3 Å². The predicted molar refractivity (Wildman–Crippen MR) is 201 cm³/mol. The third kappa shape index (κ3) is 4.99. The van der Waals surface area contributed by atoms with Gasteiger partial charge in [0, 0.05) is 0 Å². The molecule has 0 N–H and O–H groups in total. The smallest absolute Gasteiger partial charge is 0.0632 e. The van der Waals surface area contributed by atoms with Gasteiger partial charge in [0.1, 0.15) is 23.0 Å². The molecule has 0 aliphatic carbocycles. The highest BCUT2D eigenvalue weighted by atomic mass is 29.6. The van der Waals surface area contributed by atoms with Crippen LogP contribution in [0.2, 0.25) is 0 Å². The second-order valence-electron chi connectivity index (χ2n) is 11.6. The van der Waals surface area contributed by atoms with Crippen molar-refractivity contribution in [2.24, 2.45) is 0 Å². The van der Waals surface area contributed by atoms with E-state index in [4.69, 9.17) is 0 Å². The molecule has 7 rings (SSSR count). The highest BCUT2D eigenvalue weighted by molar-refractivity contribution is 7.83. The first-order chi connectivity index (χ1) is 22.4. The summed E-state index contributed by atoms with van der Waals surface area (Å²) in [5, 5.41) is 10.5. The lowest BCUT2D eigenvalue weighted by Gasteiger charge is -2.53. The summed E-state index contributed by atoms with van der Waals surface area (Å²) in [5.41, 5.74) is 0. The summed E-state index contributed by atoms with van der Waals surface area (Å²) in [7, 11) is -7.88. The molecule has 0 aliphatic rings. The Balaban J connectivity index is 1.81. The molecule has 0 heterocycles. The van der Waals surface area contributed by atoms with Crippen LogP contribution in [0.4, 0.5) is 0 Å². The maximum atomic E-state index is 2.47. The fraction of sp³-hybridized carbons (Fsp3) is 0. The molecule has 0 atom stereocenters. The molecule has 0 fully saturated rings. The lowest BCUT2D eigenvalue weighted by Crippen LogP contribution is -2.97. The van der Waals surface area contributed by atoms with Gasteiger partial charge in [-0.25, -0.2) is 0 Å². The average Bonchev–Trinajstić information content (AvgIpc) is 3.14. The summed E-state index contributed by atoms with van der Waals surface area (Å²) < 4.78 is 0. The van der Waals surface area contributed by atoms with Crippen LogP contribution < -0.4 is 36.3 Å². The van der Waals surface area contributed by atoms with E-state index < -0.39 is 23.0 Å². The standard InChI is InChI=1S/C42H36Si3/c1-8-22-36(23-9-1)43(37-24-10-2-11-25-37)45(41-32-18-6-19-33-41,42-34-20-7-21-35-42)44(38-26-12-3-13-27-38,39-28-14-4-15-29-39)40-30-16-5-17-31-40/h1-35,43H. The fourth-order valence-corrected chi connectivity index (χ4v) is 47.8. The van der Waals surface area contributed by atoms with Crippen molar-refractivity contribution in [3.05, 3.63) is 212 Å². The topological polar surface area (TPSA) is 0 Å². The molecule has 7 aromatic rings.